The van der Waals surface area contributed by atoms with E-state index in [4.69, 9.17) is 4.74 Å². The number of benzene rings is 2. The second-order valence-corrected chi connectivity index (χ2v) is 7.47. The molecule has 0 radical (unpaired) electrons. The molecule has 0 saturated heterocycles. The van der Waals surface area contributed by atoms with E-state index in [-0.39, 0.29) is 17.5 Å². The molecule has 1 saturated carbocycles. The Hall–Kier alpha value is -3.15. The van der Waals surface area contributed by atoms with Crippen LogP contribution in [-0.4, -0.2) is 28.6 Å². The summed E-state index contributed by atoms with van der Waals surface area (Å²) < 4.78 is 7.44. The molecule has 6 heteroatoms. The zero-order chi connectivity index (χ0) is 20.2. The van der Waals surface area contributed by atoms with Crippen LogP contribution in [-0.2, 0) is 11.2 Å². The first-order valence-corrected chi connectivity index (χ1v) is 10.1. The molecule has 0 spiro atoms. The van der Waals surface area contributed by atoms with Crippen molar-refractivity contribution in [3.8, 4) is 5.75 Å². The van der Waals surface area contributed by atoms with E-state index in [1.807, 2.05) is 55.5 Å². The molecule has 0 bridgehead atoms. The Kier molecular flexibility index (Phi) is 5.60. The molecule has 29 heavy (non-hydrogen) atoms. The maximum atomic E-state index is 12.9. The van der Waals surface area contributed by atoms with Crippen LogP contribution >= 0.6 is 0 Å². The molecule has 1 N–H and O–H groups in total. The van der Waals surface area contributed by atoms with E-state index >= 15 is 0 Å². The maximum absolute atomic E-state index is 12.9. The molecule has 1 heterocycles. The Bertz CT molecular complexity index is 1090. The van der Waals surface area contributed by atoms with Gasteiger partial charge in [-0.25, -0.2) is 4.98 Å². The van der Waals surface area contributed by atoms with Crippen LogP contribution in [0.25, 0.3) is 10.9 Å². The number of nitrogens with zero attached hydrogens (tertiary/aromatic N) is 2. The number of nitrogens with one attached hydrogen (secondary N) is 1. The van der Waals surface area contributed by atoms with Crippen LogP contribution in [0.4, 0.5) is 0 Å². The van der Waals surface area contributed by atoms with Crippen molar-refractivity contribution in [2.45, 2.75) is 38.6 Å². The Morgan fingerprint density at radius 1 is 1.21 bits per heavy atom. The number of fused-ring (bicyclic) bond motifs is 1. The SMILES string of the molecule is Cc1cccc(OCCNC(=O)CCc2nc3ccccc3c(=O)n2C2CC2)c1. The normalized spacial score (nSPS) is 13.4. The van der Waals surface area contributed by atoms with Crippen LogP contribution in [0.2, 0.25) is 0 Å². The van der Waals surface area contributed by atoms with Crippen molar-refractivity contribution in [2.24, 2.45) is 0 Å². The number of aromatic nitrogens is 2. The second-order valence-electron chi connectivity index (χ2n) is 7.47. The zero-order valence-electron chi connectivity index (χ0n) is 16.6. The van der Waals surface area contributed by atoms with Gasteiger partial charge in [0.2, 0.25) is 5.91 Å². The summed E-state index contributed by atoms with van der Waals surface area (Å²) in [5, 5.41) is 3.51. The van der Waals surface area contributed by atoms with Crippen molar-refractivity contribution in [1.82, 2.24) is 14.9 Å². The summed E-state index contributed by atoms with van der Waals surface area (Å²) in [5.74, 6) is 1.43. The third kappa shape index (κ3) is 4.65. The Labute approximate surface area is 169 Å². The van der Waals surface area contributed by atoms with Gasteiger partial charge in [-0.3, -0.25) is 14.2 Å². The highest BCUT2D eigenvalue weighted by atomic mass is 16.5. The average molecular weight is 391 g/mol. The maximum Gasteiger partial charge on any atom is 0.261 e. The first-order chi connectivity index (χ1) is 14.1. The summed E-state index contributed by atoms with van der Waals surface area (Å²) in [6.07, 6.45) is 2.73. The van der Waals surface area contributed by atoms with Crippen LogP contribution in [0, 0.1) is 6.92 Å². The lowest BCUT2D eigenvalue weighted by atomic mass is 10.2. The van der Waals surface area contributed by atoms with Crippen molar-refractivity contribution in [3.05, 3.63) is 70.3 Å². The molecule has 3 aromatic rings. The third-order valence-electron chi connectivity index (χ3n) is 5.05. The summed E-state index contributed by atoms with van der Waals surface area (Å²) in [6, 6.07) is 15.4. The highest BCUT2D eigenvalue weighted by Crippen LogP contribution is 2.34. The number of carbonyl (C=O) groups is 1. The average Bonchev–Trinajstić information content (AvgIpc) is 3.55. The largest absolute Gasteiger partial charge is 0.492 e. The van der Waals surface area contributed by atoms with E-state index in [9.17, 15) is 9.59 Å². The van der Waals surface area contributed by atoms with Crippen molar-refractivity contribution < 1.29 is 9.53 Å². The molecule has 1 amide bonds. The summed E-state index contributed by atoms with van der Waals surface area (Å²) >= 11 is 0. The van der Waals surface area contributed by atoms with Crippen LogP contribution < -0.4 is 15.6 Å². The predicted octanol–water partition coefficient (Wildman–Crippen LogP) is 3.17. The molecule has 1 aromatic heterocycles. The van der Waals surface area contributed by atoms with Gasteiger partial charge in [0, 0.05) is 18.9 Å². The monoisotopic (exact) mass is 391 g/mol. The van der Waals surface area contributed by atoms with E-state index < -0.39 is 0 Å². The van der Waals surface area contributed by atoms with E-state index in [2.05, 4.69) is 10.3 Å². The molecule has 4 rings (SSSR count). The van der Waals surface area contributed by atoms with Crippen LogP contribution in [0.3, 0.4) is 0 Å². The van der Waals surface area contributed by atoms with E-state index in [0.717, 1.165) is 24.2 Å². The Balaban J connectivity index is 1.34. The molecular formula is C23H25N3O3. The smallest absolute Gasteiger partial charge is 0.261 e. The quantitative estimate of drug-likeness (QED) is 0.599. The number of ether oxygens (including phenoxy) is 1. The number of aryl methyl sites for hydroxylation is 2. The summed E-state index contributed by atoms with van der Waals surface area (Å²) in [4.78, 5) is 29.8. The Morgan fingerprint density at radius 3 is 2.83 bits per heavy atom. The van der Waals surface area contributed by atoms with Gasteiger partial charge < -0.3 is 10.1 Å². The number of hydrogen-bond donors (Lipinski definition) is 1. The number of para-hydroxylation sites is 1. The lowest BCUT2D eigenvalue weighted by molar-refractivity contribution is -0.121. The van der Waals surface area contributed by atoms with Gasteiger partial charge in [-0.05, 0) is 49.6 Å². The highest BCUT2D eigenvalue weighted by Gasteiger charge is 2.28. The highest BCUT2D eigenvalue weighted by molar-refractivity contribution is 5.78. The zero-order valence-corrected chi connectivity index (χ0v) is 16.6. The summed E-state index contributed by atoms with van der Waals surface area (Å²) in [6.45, 7) is 2.86. The number of carbonyl (C=O) groups excluding carboxylic acids is 1. The van der Waals surface area contributed by atoms with E-state index in [1.165, 1.54) is 0 Å². The van der Waals surface area contributed by atoms with Gasteiger partial charge >= 0.3 is 0 Å². The van der Waals surface area contributed by atoms with Crippen molar-refractivity contribution in [1.29, 1.82) is 0 Å². The molecule has 1 aliphatic carbocycles. The fraction of sp³-hybridized carbons (Fsp3) is 0.348. The molecule has 6 nitrogen and oxygen atoms in total. The minimum Gasteiger partial charge on any atom is -0.492 e. The first-order valence-electron chi connectivity index (χ1n) is 10.1. The summed E-state index contributed by atoms with van der Waals surface area (Å²) in [5.41, 5.74) is 1.83. The van der Waals surface area contributed by atoms with Crippen molar-refractivity contribution >= 4 is 16.8 Å². The fourth-order valence-electron chi connectivity index (χ4n) is 3.46. The molecule has 0 atom stereocenters. The topological polar surface area (TPSA) is 73.2 Å². The minimum absolute atomic E-state index is 0.0000581. The van der Waals surface area contributed by atoms with Crippen LogP contribution in [0.15, 0.2) is 53.3 Å². The van der Waals surface area contributed by atoms with Crippen molar-refractivity contribution in [2.75, 3.05) is 13.2 Å². The van der Waals surface area contributed by atoms with E-state index in [0.29, 0.717) is 42.7 Å². The molecule has 1 aliphatic rings. The minimum atomic E-state index is -0.0670. The van der Waals surface area contributed by atoms with Gasteiger partial charge in [-0.1, -0.05) is 24.3 Å². The predicted molar refractivity (Wildman–Crippen MR) is 112 cm³/mol. The van der Waals surface area contributed by atoms with Gasteiger partial charge in [-0.15, -0.1) is 0 Å². The van der Waals surface area contributed by atoms with Gasteiger partial charge in [0.05, 0.1) is 17.4 Å². The molecule has 0 unspecified atom stereocenters. The molecular weight excluding hydrogens is 366 g/mol. The molecule has 150 valence electrons. The fourth-order valence-corrected chi connectivity index (χ4v) is 3.46. The first kappa shape index (κ1) is 19.2. The van der Waals surface area contributed by atoms with Gasteiger partial charge in [-0.2, -0.15) is 0 Å². The summed E-state index contributed by atoms with van der Waals surface area (Å²) in [7, 11) is 0. The lowest BCUT2D eigenvalue weighted by Gasteiger charge is -2.13. The van der Waals surface area contributed by atoms with Gasteiger partial charge in [0.1, 0.15) is 18.2 Å². The molecule has 1 fully saturated rings. The Morgan fingerprint density at radius 2 is 2.03 bits per heavy atom. The third-order valence-corrected chi connectivity index (χ3v) is 5.05. The lowest BCUT2D eigenvalue weighted by Crippen LogP contribution is -2.30. The van der Waals surface area contributed by atoms with Crippen molar-refractivity contribution in [3.63, 3.8) is 0 Å². The molecule has 2 aromatic carbocycles. The van der Waals surface area contributed by atoms with Gasteiger partial charge in [0.25, 0.3) is 5.56 Å². The van der Waals surface area contributed by atoms with Gasteiger partial charge in [0.15, 0.2) is 0 Å². The van der Waals surface area contributed by atoms with E-state index in [1.54, 1.807) is 4.57 Å². The van der Waals surface area contributed by atoms with Crippen LogP contribution in [0.1, 0.15) is 36.7 Å². The second kappa shape index (κ2) is 8.47. The van der Waals surface area contributed by atoms with Crippen LogP contribution in [0.5, 0.6) is 5.75 Å². The number of amides is 1. The number of hydrogen-bond acceptors (Lipinski definition) is 4. The molecule has 0 aliphatic heterocycles. The standard InChI is InChI=1S/C23H25N3O3/c1-16-5-4-6-18(15-16)29-14-13-24-22(27)12-11-21-25-20-8-3-2-7-19(20)23(28)26(21)17-9-10-17/h2-8,15,17H,9-14H2,1H3,(H,24,27). The number of rotatable bonds is 8.